The molecule has 156 valence electrons. The van der Waals surface area contributed by atoms with E-state index >= 15 is 0 Å². The molecular weight excluding hydrogens is 399 g/mol. The number of rotatable bonds is 13. The summed E-state index contributed by atoms with van der Waals surface area (Å²) < 4.78 is 2.10. The molecule has 6 nitrogen and oxygen atoms in total. The van der Waals surface area contributed by atoms with Crippen molar-refractivity contribution in [2.45, 2.75) is 38.5 Å². The van der Waals surface area contributed by atoms with Gasteiger partial charge in [-0.25, -0.2) is 4.98 Å². The average Bonchev–Trinajstić information content (AvgIpc) is 2.98. The molecule has 0 aliphatic rings. The summed E-state index contributed by atoms with van der Waals surface area (Å²) in [6, 6.07) is 3.99. The zero-order chi connectivity index (χ0) is 20.5. The zero-order valence-electron chi connectivity index (χ0n) is 16.5. The largest absolute Gasteiger partial charge is 0.397 e. The Morgan fingerprint density at radius 3 is 2.50 bits per heavy atom. The maximum absolute atomic E-state index is 11.1. The molecular formula is C20H30Cl2N4O2. The van der Waals surface area contributed by atoms with Gasteiger partial charge in [-0.1, -0.05) is 12.8 Å². The normalized spacial score (nSPS) is 11.3. The number of hydrogen-bond donors (Lipinski definition) is 2. The number of nitrogen functional groups attached to an aromatic ring is 1. The Labute approximate surface area is 176 Å². The molecule has 0 amide bonds. The van der Waals surface area contributed by atoms with Crippen molar-refractivity contribution in [1.82, 2.24) is 9.55 Å². The molecule has 1 aromatic carbocycles. The lowest BCUT2D eigenvalue weighted by Crippen LogP contribution is -2.28. The van der Waals surface area contributed by atoms with Gasteiger partial charge in [0.15, 0.2) is 5.78 Å². The molecule has 3 N–H and O–H groups in total. The van der Waals surface area contributed by atoms with Gasteiger partial charge in [-0.3, -0.25) is 4.79 Å². The second-order valence-electron chi connectivity index (χ2n) is 6.96. The van der Waals surface area contributed by atoms with Crippen molar-refractivity contribution in [2.75, 3.05) is 42.1 Å². The fourth-order valence-electron chi connectivity index (χ4n) is 3.39. The molecule has 0 fully saturated rings. The van der Waals surface area contributed by atoms with Crippen LogP contribution in [-0.4, -0.2) is 51.9 Å². The minimum atomic E-state index is -0.349. The molecule has 0 saturated carbocycles. The van der Waals surface area contributed by atoms with Crippen LogP contribution < -0.4 is 10.6 Å². The standard InChI is InChI=1S/C20H30Cl2N4O2/c1-25-19-12-16(23)18(26(10-8-21)11-9-22)13-17(19)24-20(25)7-5-3-2-4-6-15(28)14-27/h12-13,27H,2-11,14,23H2,1H3. The number of aliphatic hydroxyl groups excluding tert-OH is 1. The first-order valence-corrected chi connectivity index (χ1v) is 10.8. The highest BCUT2D eigenvalue weighted by molar-refractivity contribution is 6.18. The predicted octanol–water partition coefficient (Wildman–Crippen LogP) is 3.49. The summed E-state index contributed by atoms with van der Waals surface area (Å²) in [5, 5.41) is 8.73. The van der Waals surface area contributed by atoms with E-state index in [-0.39, 0.29) is 12.4 Å². The average molecular weight is 429 g/mol. The van der Waals surface area contributed by atoms with Gasteiger partial charge in [-0.05, 0) is 25.0 Å². The van der Waals surface area contributed by atoms with Crippen LogP contribution in [0.3, 0.4) is 0 Å². The van der Waals surface area contributed by atoms with Crippen LogP contribution in [0.15, 0.2) is 12.1 Å². The van der Waals surface area contributed by atoms with Crippen LogP contribution in [0.1, 0.15) is 37.9 Å². The summed E-state index contributed by atoms with van der Waals surface area (Å²) in [6.07, 6.45) is 5.21. The van der Waals surface area contributed by atoms with E-state index in [2.05, 4.69) is 9.47 Å². The summed E-state index contributed by atoms with van der Waals surface area (Å²) in [5.74, 6) is 1.96. The summed E-state index contributed by atoms with van der Waals surface area (Å²) >= 11 is 11.8. The van der Waals surface area contributed by atoms with Crippen LogP contribution in [0.25, 0.3) is 11.0 Å². The van der Waals surface area contributed by atoms with Gasteiger partial charge in [0, 0.05) is 44.7 Å². The molecule has 8 heteroatoms. The second-order valence-corrected chi connectivity index (χ2v) is 7.72. The monoisotopic (exact) mass is 428 g/mol. The van der Waals surface area contributed by atoms with Crippen LogP contribution in [0, 0.1) is 0 Å². The lowest BCUT2D eigenvalue weighted by Gasteiger charge is -2.24. The molecule has 0 unspecified atom stereocenters. The Morgan fingerprint density at radius 1 is 1.18 bits per heavy atom. The Morgan fingerprint density at radius 2 is 1.86 bits per heavy atom. The Bertz CT molecular complexity index is 773. The fourth-order valence-corrected chi connectivity index (χ4v) is 3.79. The number of anilines is 2. The number of carbonyl (C=O) groups is 1. The lowest BCUT2D eigenvalue weighted by molar-refractivity contribution is -0.121. The van der Waals surface area contributed by atoms with Crippen molar-refractivity contribution in [3.8, 4) is 0 Å². The van der Waals surface area contributed by atoms with E-state index in [0.717, 1.165) is 54.6 Å². The van der Waals surface area contributed by atoms with E-state index in [4.69, 9.17) is 39.0 Å². The number of aryl methyl sites for hydroxylation is 2. The summed E-state index contributed by atoms with van der Waals surface area (Å²) in [6.45, 7) is 1.02. The topological polar surface area (TPSA) is 84.4 Å². The first-order valence-electron chi connectivity index (χ1n) is 9.76. The number of ketones is 1. The number of nitrogens with two attached hydrogens (primary N) is 1. The number of aliphatic hydroxyl groups is 1. The zero-order valence-corrected chi connectivity index (χ0v) is 18.0. The maximum atomic E-state index is 11.1. The van der Waals surface area contributed by atoms with Crippen LogP contribution >= 0.6 is 23.2 Å². The summed E-state index contributed by atoms with van der Waals surface area (Å²) in [4.78, 5) is 18.0. The number of carbonyl (C=O) groups excluding carboxylic acids is 1. The Hall–Kier alpha value is -1.50. The van der Waals surface area contributed by atoms with E-state index in [9.17, 15) is 4.79 Å². The highest BCUT2D eigenvalue weighted by Crippen LogP contribution is 2.30. The first-order chi connectivity index (χ1) is 13.5. The third-order valence-corrected chi connectivity index (χ3v) is 5.29. The van der Waals surface area contributed by atoms with Crippen molar-refractivity contribution in [2.24, 2.45) is 7.05 Å². The number of fused-ring (bicyclic) bond motifs is 1. The van der Waals surface area contributed by atoms with E-state index in [1.165, 1.54) is 0 Å². The van der Waals surface area contributed by atoms with Crippen LogP contribution in [0.5, 0.6) is 0 Å². The third kappa shape index (κ3) is 6.00. The predicted molar refractivity (Wildman–Crippen MR) is 118 cm³/mol. The minimum Gasteiger partial charge on any atom is -0.397 e. The molecule has 0 bridgehead atoms. The lowest BCUT2D eigenvalue weighted by atomic mass is 10.1. The number of imidazole rings is 1. The first kappa shape index (κ1) is 22.8. The summed E-state index contributed by atoms with van der Waals surface area (Å²) in [7, 11) is 2.01. The van der Waals surface area contributed by atoms with Gasteiger partial charge in [0.25, 0.3) is 0 Å². The smallest absolute Gasteiger partial charge is 0.158 e. The number of aromatic nitrogens is 2. The molecule has 0 aliphatic carbocycles. The van der Waals surface area contributed by atoms with Gasteiger partial charge in [0.2, 0.25) is 0 Å². The van der Waals surface area contributed by atoms with Gasteiger partial charge in [-0.2, -0.15) is 0 Å². The molecule has 28 heavy (non-hydrogen) atoms. The molecule has 0 saturated heterocycles. The molecule has 0 atom stereocenters. The van der Waals surface area contributed by atoms with E-state index in [1.807, 2.05) is 19.2 Å². The van der Waals surface area contributed by atoms with Crippen molar-refractivity contribution in [1.29, 1.82) is 0 Å². The maximum Gasteiger partial charge on any atom is 0.158 e. The van der Waals surface area contributed by atoms with Crippen molar-refractivity contribution >= 4 is 51.4 Å². The Kier molecular flexibility index (Phi) is 9.35. The molecule has 0 radical (unpaired) electrons. The van der Waals surface area contributed by atoms with Crippen LogP contribution in [-0.2, 0) is 18.3 Å². The molecule has 2 rings (SSSR count). The van der Waals surface area contributed by atoms with Crippen molar-refractivity contribution < 1.29 is 9.90 Å². The van der Waals surface area contributed by atoms with Crippen LogP contribution in [0.4, 0.5) is 11.4 Å². The fraction of sp³-hybridized carbons (Fsp3) is 0.600. The van der Waals surface area contributed by atoms with Crippen LogP contribution in [0.2, 0.25) is 0 Å². The molecule has 2 aromatic rings. The van der Waals surface area contributed by atoms with Gasteiger partial charge < -0.3 is 20.3 Å². The third-order valence-electron chi connectivity index (χ3n) is 4.95. The molecule has 1 aromatic heterocycles. The SMILES string of the molecule is Cn1c(CCCCCCC(=O)CO)nc2cc(N(CCCl)CCCl)c(N)cc21. The van der Waals surface area contributed by atoms with Gasteiger partial charge in [0.05, 0.1) is 22.4 Å². The van der Waals surface area contributed by atoms with E-state index in [0.29, 0.717) is 37.0 Å². The highest BCUT2D eigenvalue weighted by atomic mass is 35.5. The van der Waals surface area contributed by atoms with Gasteiger partial charge >= 0.3 is 0 Å². The number of unbranched alkanes of at least 4 members (excludes halogenated alkanes) is 3. The number of alkyl halides is 2. The molecule has 0 aliphatic heterocycles. The molecule has 0 spiro atoms. The minimum absolute atomic E-state index is 0.0823. The number of hydrogen-bond acceptors (Lipinski definition) is 5. The van der Waals surface area contributed by atoms with Gasteiger partial charge in [-0.15, -0.1) is 23.2 Å². The van der Waals surface area contributed by atoms with Gasteiger partial charge in [0.1, 0.15) is 12.4 Å². The molecule has 1 heterocycles. The van der Waals surface area contributed by atoms with E-state index in [1.54, 1.807) is 0 Å². The number of halogens is 2. The quantitative estimate of drug-likeness (QED) is 0.289. The second kappa shape index (κ2) is 11.5. The Balaban J connectivity index is 2.04. The number of Topliss-reactive ketones (excluding diaryl/α,β-unsaturated/α-hetero) is 1. The summed E-state index contributed by atoms with van der Waals surface area (Å²) in [5.41, 5.74) is 9.86. The number of nitrogens with zero attached hydrogens (tertiary/aromatic N) is 3. The van der Waals surface area contributed by atoms with Crippen molar-refractivity contribution in [3.63, 3.8) is 0 Å². The highest BCUT2D eigenvalue weighted by Gasteiger charge is 2.15. The van der Waals surface area contributed by atoms with E-state index < -0.39 is 0 Å². The number of benzene rings is 1. The van der Waals surface area contributed by atoms with Crippen molar-refractivity contribution in [3.05, 3.63) is 18.0 Å².